The molecule has 1 N–H and O–H groups in total. The normalized spacial score (nSPS) is 22.2. The van der Waals surface area contributed by atoms with Crippen LogP contribution >= 0.6 is 15.9 Å². The molecule has 0 radical (unpaired) electrons. The van der Waals surface area contributed by atoms with Crippen molar-refractivity contribution in [1.82, 2.24) is 15.2 Å². The van der Waals surface area contributed by atoms with Gasteiger partial charge < -0.3 is 10.2 Å². The summed E-state index contributed by atoms with van der Waals surface area (Å²) in [7, 11) is 2.19. The predicted molar refractivity (Wildman–Crippen MR) is 69.3 cm³/mol. The topological polar surface area (TPSA) is 28.2 Å². The van der Waals surface area contributed by atoms with Gasteiger partial charge in [0.15, 0.2) is 0 Å². The summed E-state index contributed by atoms with van der Waals surface area (Å²) in [6.45, 7) is 3.25. The van der Waals surface area contributed by atoms with Crippen LogP contribution in [0.3, 0.4) is 0 Å². The molecule has 2 heterocycles. The molecule has 3 nitrogen and oxygen atoms in total. The van der Waals surface area contributed by atoms with Gasteiger partial charge in [-0.15, -0.1) is 0 Å². The van der Waals surface area contributed by atoms with Crippen LogP contribution in [0.25, 0.3) is 0 Å². The van der Waals surface area contributed by atoms with Crippen LogP contribution in [0.1, 0.15) is 18.5 Å². The van der Waals surface area contributed by atoms with Crippen molar-refractivity contribution >= 4 is 15.9 Å². The number of likely N-dealkylation sites (N-methyl/N-ethyl adjacent to an activating group) is 1. The second-order valence-electron chi connectivity index (χ2n) is 4.45. The van der Waals surface area contributed by atoms with Gasteiger partial charge in [-0.25, -0.2) is 0 Å². The molecule has 88 valence electrons. The van der Waals surface area contributed by atoms with Crippen LogP contribution < -0.4 is 5.32 Å². The van der Waals surface area contributed by atoms with E-state index in [9.17, 15) is 0 Å². The van der Waals surface area contributed by atoms with E-state index in [1.807, 2.05) is 12.3 Å². The van der Waals surface area contributed by atoms with Crippen molar-refractivity contribution in [3.05, 3.63) is 28.5 Å². The fourth-order valence-electron chi connectivity index (χ4n) is 2.09. The molecule has 4 heteroatoms. The maximum Gasteiger partial charge on any atom is 0.0542 e. The molecule has 2 rings (SSSR count). The van der Waals surface area contributed by atoms with Gasteiger partial charge in [0.05, 0.1) is 5.69 Å². The lowest BCUT2D eigenvalue weighted by Gasteiger charge is -2.30. The van der Waals surface area contributed by atoms with E-state index in [4.69, 9.17) is 0 Å². The predicted octanol–water partition coefficient (Wildman–Crippen LogP) is 2.03. The summed E-state index contributed by atoms with van der Waals surface area (Å²) in [6.07, 6.45) is 4.42. The number of likely N-dealkylation sites (tertiary alicyclic amines) is 1. The molecule has 0 saturated carbocycles. The van der Waals surface area contributed by atoms with Crippen molar-refractivity contribution in [2.45, 2.75) is 25.4 Å². The van der Waals surface area contributed by atoms with Crippen molar-refractivity contribution in [2.75, 3.05) is 20.1 Å². The number of pyridine rings is 1. The Kier molecular flexibility index (Phi) is 4.32. The van der Waals surface area contributed by atoms with E-state index in [1.54, 1.807) is 0 Å². The van der Waals surface area contributed by atoms with E-state index in [-0.39, 0.29) is 0 Å². The molecule has 1 aliphatic heterocycles. The van der Waals surface area contributed by atoms with Gasteiger partial charge >= 0.3 is 0 Å². The quantitative estimate of drug-likeness (QED) is 0.920. The van der Waals surface area contributed by atoms with Crippen LogP contribution in [-0.4, -0.2) is 36.1 Å². The number of aromatic nitrogens is 1. The summed E-state index contributed by atoms with van der Waals surface area (Å²) in [5, 5.41) is 3.57. The molecular weight excluding hydrogens is 266 g/mol. The molecule has 0 amide bonds. The lowest BCUT2D eigenvalue weighted by Crippen LogP contribution is -2.43. The van der Waals surface area contributed by atoms with Gasteiger partial charge in [-0.05, 0) is 54.5 Å². The molecule has 1 aromatic rings. The van der Waals surface area contributed by atoms with Crippen LogP contribution in [0.5, 0.6) is 0 Å². The monoisotopic (exact) mass is 283 g/mol. The van der Waals surface area contributed by atoms with Crippen molar-refractivity contribution in [1.29, 1.82) is 0 Å². The zero-order valence-corrected chi connectivity index (χ0v) is 11.2. The fourth-order valence-corrected chi connectivity index (χ4v) is 2.33. The minimum Gasteiger partial charge on any atom is -0.307 e. The summed E-state index contributed by atoms with van der Waals surface area (Å²) in [4.78, 5) is 6.74. The molecule has 1 saturated heterocycles. The van der Waals surface area contributed by atoms with Crippen LogP contribution in [0.15, 0.2) is 22.8 Å². The molecule has 0 aliphatic carbocycles. The maximum absolute atomic E-state index is 4.36. The molecule has 1 aliphatic rings. The lowest BCUT2D eigenvalue weighted by molar-refractivity contribution is 0.226. The van der Waals surface area contributed by atoms with Gasteiger partial charge in [-0.2, -0.15) is 0 Å². The molecular formula is C12H18BrN3. The van der Waals surface area contributed by atoms with Crippen LogP contribution in [-0.2, 0) is 6.54 Å². The first-order valence-electron chi connectivity index (χ1n) is 5.76. The Morgan fingerprint density at radius 3 is 3.12 bits per heavy atom. The van der Waals surface area contributed by atoms with Gasteiger partial charge in [0.1, 0.15) is 0 Å². The number of piperidine rings is 1. The van der Waals surface area contributed by atoms with E-state index in [2.05, 4.69) is 44.2 Å². The van der Waals surface area contributed by atoms with Gasteiger partial charge in [-0.3, -0.25) is 4.98 Å². The van der Waals surface area contributed by atoms with E-state index in [0.717, 1.165) is 23.3 Å². The largest absolute Gasteiger partial charge is 0.307 e. The van der Waals surface area contributed by atoms with Gasteiger partial charge in [-0.1, -0.05) is 0 Å². The number of hydrogen-bond acceptors (Lipinski definition) is 3. The highest BCUT2D eigenvalue weighted by Gasteiger charge is 2.16. The SMILES string of the molecule is CN1CCCC(NCc2ccc(Br)cn2)C1. The minimum absolute atomic E-state index is 0.615. The average molecular weight is 284 g/mol. The standard InChI is InChI=1S/C12H18BrN3/c1-16-6-2-3-12(9-16)15-8-11-5-4-10(13)7-14-11/h4-5,7,12,15H,2-3,6,8-9H2,1H3. The molecule has 1 atom stereocenters. The summed E-state index contributed by atoms with van der Waals surface area (Å²) in [6, 6.07) is 4.71. The highest BCUT2D eigenvalue weighted by molar-refractivity contribution is 9.10. The Labute approximate surface area is 105 Å². The lowest BCUT2D eigenvalue weighted by atomic mass is 10.1. The second kappa shape index (κ2) is 5.75. The molecule has 1 unspecified atom stereocenters. The Balaban J connectivity index is 1.80. The fraction of sp³-hybridized carbons (Fsp3) is 0.583. The molecule has 1 aromatic heterocycles. The number of hydrogen-bond donors (Lipinski definition) is 1. The van der Waals surface area contributed by atoms with E-state index >= 15 is 0 Å². The smallest absolute Gasteiger partial charge is 0.0542 e. The Bertz CT molecular complexity index is 326. The van der Waals surface area contributed by atoms with Crippen molar-refractivity contribution in [2.24, 2.45) is 0 Å². The number of nitrogens with one attached hydrogen (secondary N) is 1. The molecule has 0 spiro atoms. The second-order valence-corrected chi connectivity index (χ2v) is 5.37. The van der Waals surface area contributed by atoms with E-state index < -0.39 is 0 Å². The zero-order chi connectivity index (χ0) is 11.4. The Hall–Kier alpha value is -0.450. The number of halogens is 1. The molecule has 1 fully saturated rings. The third-order valence-corrected chi connectivity index (χ3v) is 3.45. The third kappa shape index (κ3) is 3.54. The van der Waals surface area contributed by atoms with Crippen LogP contribution in [0.4, 0.5) is 0 Å². The third-order valence-electron chi connectivity index (χ3n) is 2.98. The molecule has 0 bridgehead atoms. The van der Waals surface area contributed by atoms with Crippen molar-refractivity contribution < 1.29 is 0 Å². The van der Waals surface area contributed by atoms with Crippen molar-refractivity contribution in [3.8, 4) is 0 Å². The minimum atomic E-state index is 0.615. The first-order chi connectivity index (χ1) is 7.74. The van der Waals surface area contributed by atoms with Crippen molar-refractivity contribution in [3.63, 3.8) is 0 Å². The molecule has 0 aromatic carbocycles. The average Bonchev–Trinajstić information content (AvgIpc) is 2.28. The molecule has 16 heavy (non-hydrogen) atoms. The first kappa shape index (κ1) is 12.0. The van der Waals surface area contributed by atoms with Crippen LogP contribution in [0, 0.1) is 0 Å². The highest BCUT2D eigenvalue weighted by atomic mass is 79.9. The highest BCUT2D eigenvalue weighted by Crippen LogP contribution is 2.10. The zero-order valence-electron chi connectivity index (χ0n) is 9.62. The maximum atomic E-state index is 4.36. The number of rotatable bonds is 3. The summed E-state index contributed by atoms with van der Waals surface area (Å²) >= 11 is 3.39. The first-order valence-corrected chi connectivity index (χ1v) is 6.56. The Morgan fingerprint density at radius 2 is 2.44 bits per heavy atom. The summed E-state index contributed by atoms with van der Waals surface area (Å²) in [5.41, 5.74) is 1.11. The summed E-state index contributed by atoms with van der Waals surface area (Å²) < 4.78 is 1.04. The Morgan fingerprint density at radius 1 is 1.56 bits per heavy atom. The van der Waals surface area contributed by atoms with Crippen LogP contribution in [0.2, 0.25) is 0 Å². The van der Waals surface area contributed by atoms with Gasteiger partial charge in [0.2, 0.25) is 0 Å². The summed E-state index contributed by atoms with van der Waals surface area (Å²) in [5.74, 6) is 0. The van der Waals surface area contributed by atoms with Gasteiger partial charge in [0.25, 0.3) is 0 Å². The van der Waals surface area contributed by atoms with E-state index in [0.29, 0.717) is 6.04 Å². The van der Waals surface area contributed by atoms with E-state index in [1.165, 1.54) is 19.4 Å². The van der Waals surface area contributed by atoms with Gasteiger partial charge in [0, 0.05) is 29.8 Å². The number of nitrogens with zero attached hydrogens (tertiary/aromatic N) is 2.